The van der Waals surface area contributed by atoms with Gasteiger partial charge in [0, 0.05) is 11.6 Å². The van der Waals surface area contributed by atoms with E-state index in [4.69, 9.17) is 5.11 Å². The Morgan fingerprint density at radius 3 is 2.52 bits per heavy atom. The van der Waals surface area contributed by atoms with E-state index in [1.165, 1.54) is 18.2 Å². The summed E-state index contributed by atoms with van der Waals surface area (Å²) in [6.07, 6.45) is 4.75. The fourth-order valence-corrected chi connectivity index (χ4v) is 3.26. The molecule has 3 N–H and O–H groups in total. The van der Waals surface area contributed by atoms with Crippen molar-refractivity contribution in [2.24, 2.45) is 5.92 Å². The first kappa shape index (κ1) is 19.2. The van der Waals surface area contributed by atoms with Crippen LogP contribution in [0.25, 0.3) is 0 Å². The van der Waals surface area contributed by atoms with Crippen LogP contribution in [0.1, 0.15) is 32.1 Å². The minimum Gasteiger partial charge on any atom is -0.481 e. The molecule has 8 heteroatoms. The zero-order valence-electron chi connectivity index (χ0n) is 13.7. The third-order valence-electron chi connectivity index (χ3n) is 3.94. The minimum absolute atomic E-state index is 0.0204. The number of carboxylic acids is 1. The summed E-state index contributed by atoms with van der Waals surface area (Å²) in [4.78, 5) is 34.4. The standard InChI is InChI=1S/C17H21FN2O4S/c18-13-7-6-12(19-15(21)9-25-10-16(22)23)8-14(13)20-17(24)11-4-2-1-3-5-11/h6-8,11H,1-5,9-10H2,(H,19,21)(H,20,24)(H,22,23). The Morgan fingerprint density at radius 2 is 1.84 bits per heavy atom. The van der Waals surface area contributed by atoms with Crippen LogP contribution in [0, 0.1) is 11.7 Å². The third-order valence-corrected chi connectivity index (χ3v) is 4.86. The molecule has 1 aromatic carbocycles. The van der Waals surface area contributed by atoms with Gasteiger partial charge in [-0.05, 0) is 31.0 Å². The van der Waals surface area contributed by atoms with Crippen molar-refractivity contribution in [3.63, 3.8) is 0 Å². The number of halogens is 1. The van der Waals surface area contributed by atoms with E-state index in [9.17, 15) is 18.8 Å². The Morgan fingerprint density at radius 1 is 1.12 bits per heavy atom. The smallest absolute Gasteiger partial charge is 0.313 e. The van der Waals surface area contributed by atoms with Gasteiger partial charge in [-0.2, -0.15) is 0 Å². The van der Waals surface area contributed by atoms with E-state index < -0.39 is 11.8 Å². The van der Waals surface area contributed by atoms with Gasteiger partial charge in [-0.15, -0.1) is 11.8 Å². The Labute approximate surface area is 149 Å². The Kier molecular flexibility index (Phi) is 7.24. The number of thioether (sulfide) groups is 1. The van der Waals surface area contributed by atoms with Crippen LogP contribution < -0.4 is 10.6 Å². The lowest BCUT2D eigenvalue weighted by atomic mass is 9.88. The molecule has 0 heterocycles. The van der Waals surface area contributed by atoms with Crippen molar-refractivity contribution in [3.8, 4) is 0 Å². The molecule has 0 aromatic heterocycles. The molecule has 1 aliphatic carbocycles. The lowest BCUT2D eigenvalue weighted by molar-refractivity contribution is -0.134. The Balaban J connectivity index is 1.93. The fraction of sp³-hybridized carbons (Fsp3) is 0.471. The zero-order chi connectivity index (χ0) is 18.2. The van der Waals surface area contributed by atoms with Gasteiger partial charge in [0.1, 0.15) is 5.82 Å². The molecule has 2 rings (SSSR count). The van der Waals surface area contributed by atoms with E-state index in [2.05, 4.69) is 10.6 Å². The molecule has 1 fully saturated rings. The minimum atomic E-state index is -0.993. The van der Waals surface area contributed by atoms with Crippen LogP contribution in [0.4, 0.5) is 15.8 Å². The molecular weight excluding hydrogens is 347 g/mol. The topological polar surface area (TPSA) is 95.5 Å². The summed E-state index contributed by atoms with van der Waals surface area (Å²) >= 11 is 0.970. The molecule has 0 unspecified atom stereocenters. The van der Waals surface area contributed by atoms with Gasteiger partial charge in [0.2, 0.25) is 11.8 Å². The molecule has 0 saturated heterocycles. The van der Waals surface area contributed by atoms with Crippen LogP contribution in [0.5, 0.6) is 0 Å². The van der Waals surface area contributed by atoms with Crippen molar-refractivity contribution in [2.45, 2.75) is 32.1 Å². The van der Waals surface area contributed by atoms with Crippen molar-refractivity contribution in [1.82, 2.24) is 0 Å². The van der Waals surface area contributed by atoms with Crippen molar-refractivity contribution in [3.05, 3.63) is 24.0 Å². The number of carbonyl (C=O) groups is 3. The highest BCUT2D eigenvalue weighted by atomic mass is 32.2. The molecule has 1 aliphatic rings. The number of rotatable bonds is 7. The highest BCUT2D eigenvalue weighted by Gasteiger charge is 2.22. The van der Waals surface area contributed by atoms with Crippen LogP contribution in [0.2, 0.25) is 0 Å². The number of hydrogen-bond donors (Lipinski definition) is 3. The van der Waals surface area contributed by atoms with Crippen molar-refractivity contribution in [1.29, 1.82) is 0 Å². The molecule has 6 nitrogen and oxygen atoms in total. The second-order valence-corrected chi connectivity index (χ2v) is 6.94. The van der Waals surface area contributed by atoms with Crippen LogP contribution in [0.3, 0.4) is 0 Å². The molecule has 25 heavy (non-hydrogen) atoms. The molecule has 1 saturated carbocycles. The van der Waals surface area contributed by atoms with Gasteiger partial charge >= 0.3 is 5.97 Å². The summed E-state index contributed by atoms with van der Waals surface area (Å²) < 4.78 is 13.9. The van der Waals surface area contributed by atoms with Gasteiger partial charge < -0.3 is 15.7 Å². The number of aliphatic carboxylic acids is 1. The average Bonchev–Trinajstić information content (AvgIpc) is 2.58. The predicted octanol–water partition coefficient (Wildman–Crippen LogP) is 3.10. The third kappa shape index (κ3) is 6.38. The largest absolute Gasteiger partial charge is 0.481 e. The lowest BCUT2D eigenvalue weighted by Gasteiger charge is -2.21. The molecule has 0 spiro atoms. The van der Waals surface area contributed by atoms with Gasteiger partial charge in [-0.1, -0.05) is 19.3 Å². The molecule has 0 aliphatic heterocycles. The van der Waals surface area contributed by atoms with Gasteiger partial charge in [-0.3, -0.25) is 14.4 Å². The maximum atomic E-state index is 13.9. The number of amides is 2. The summed E-state index contributed by atoms with van der Waals surface area (Å²) in [5, 5.41) is 13.7. The van der Waals surface area contributed by atoms with E-state index in [1.54, 1.807) is 0 Å². The average molecular weight is 368 g/mol. The second kappa shape index (κ2) is 9.41. The quantitative estimate of drug-likeness (QED) is 0.687. The fourth-order valence-electron chi connectivity index (χ4n) is 2.73. The normalized spacial score (nSPS) is 14.8. The van der Waals surface area contributed by atoms with Crippen LogP contribution in [-0.2, 0) is 14.4 Å². The molecular formula is C17H21FN2O4S. The number of carbonyl (C=O) groups excluding carboxylic acids is 2. The van der Waals surface area contributed by atoms with Crippen LogP contribution in [0.15, 0.2) is 18.2 Å². The van der Waals surface area contributed by atoms with Crippen molar-refractivity contribution >= 4 is 40.9 Å². The Bertz CT molecular complexity index is 648. The number of nitrogens with one attached hydrogen (secondary N) is 2. The zero-order valence-corrected chi connectivity index (χ0v) is 14.5. The predicted molar refractivity (Wildman–Crippen MR) is 95.2 cm³/mol. The molecule has 136 valence electrons. The summed E-state index contributed by atoms with van der Waals surface area (Å²) in [6, 6.07) is 3.94. The van der Waals surface area contributed by atoms with E-state index in [0.29, 0.717) is 5.69 Å². The maximum absolute atomic E-state index is 13.9. The summed E-state index contributed by atoms with van der Waals surface area (Å²) in [5.74, 6) is -2.43. The summed E-state index contributed by atoms with van der Waals surface area (Å²) in [6.45, 7) is 0. The van der Waals surface area contributed by atoms with Gasteiger partial charge in [-0.25, -0.2) is 4.39 Å². The van der Waals surface area contributed by atoms with Crippen LogP contribution >= 0.6 is 11.8 Å². The summed E-state index contributed by atoms with van der Waals surface area (Å²) in [7, 11) is 0. The molecule has 0 atom stereocenters. The van der Waals surface area contributed by atoms with Gasteiger partial charge in [0.15, 0.2) is 0 Å². The number of benzene rings is 1. The van der Waals surface area contributed by atoms with Crippen LogP contribution in [-0.4, -0.2) is 34.4 Å². The molecule has 0 radical (unpaired) electrons. The Hall–Kier alpha value is -2.09. The maximum Gasteiger partial charge on any atom is 0.313 e. The monoisotopic (exact) mass is 368 g/mol. The second-order valence-electron chi connectivity index (χ2n) is 5.95. The number of anilines is 2. The highest BCUT2D eigenvalue weighted by Crippen LogP contribution is 2.26. The number of hydrogen-bond acceptors (Lipinski definition) is 4. The SMILES string of the molecule is O=C(O)CSCC(=O)Nc1ccc(F)c(NC(=O)C2CCCCC2)c1. The molecule has 1 aromatic rings. The molecule has 0 bridgehead atoms. The highest BCUT2D eigenvalue weighted by molar-refractivity contribution is 8.00. The first-order chi connectivity index (χ1) is 12.0. The van der Waals surface area contributed by atoms with Gasteiger partial charge in [0.25, 0.3) is 0 Å². The first-order valence-corrected chi connectivity index (χ1v) is 9.31. The van der Waals surface area contributed by atoms with Crippen molar-refractivity contribution in [2.75, 3.05) is 22.1 Å². The summed E-state index contributed by atoms with van der Waals surface area (Å²) in [5.41, 5.74) is 0.382. The lowest BCUT2D eigenvalue weighted by Crippen LogP contribution is -2.25. The van der Waals surface area contributed by atoms with E-state index in [0.717, 1.165) is 43.9 Å². The first-order valence-electron chi connectivity index (χ1n) is 8.15. The van der Waals surface area contributed by atoms with Crippen molar-refractivity contribution < 1.29 is 23.9 Å². The van der Waals surface area contributed by atoms with E-state index in [1.807, 2.05) is 0 Å². The number of carboxylic acid groups (broad SMARTS) is 1. The van der Waals surface area contributed by atoms with E-state index in [-0.39, 0.29) is 34.9 Å². The molecule has 2 amide bonds. The van der Waals surface area contributed by atoms with E-state index >= 15 is 0 Å². The van der Waals surface area contributed by atoms with Gasteiger partial charge in [0.05, 0.1) is 17.2 Å².